The molecule has 1 aliphatic carbocycles. The number of quaternary nitrogens is 1. The Labute approximate surface area is 68.9 Å². The van der Waals surface area contributed by atoms with Gasteiger partial charge >= 0.3 is 0 Å². The highest BCUT2D eigenvalue weighted by Crippen LogP contribution is 2.15. The summed E-state index contributed by atoms with van der Waals surface area (Å²) in [5.41, 5.74) is 0. The lowest BCUT2D eigenvalue weighted by molar-refractivity contribution is -0.856. The van der Waals surface area contributed by atoms with E-state index in [9.17, 15) is 0 Å². The maximum absolute atomic E-state index is 7.49. The molecule has 0 amide bonds. The predicted molar refractivity (Wildman–Crippen MR) is 46.3 cm³/mol. The van der Waals surface area contributed by atoms with Crippen LogP contribution in [0.4, 0.5) is 0 Å². The van der Waals surface area contributed by atoms with Gasteiger partial charge in [-0.05, 0) is 19.9 Å². The molecule has 3 N–H and O–H groups in total. The second-order valence-electron chi connectivity index (χ2n) is 3.52. The summed E-state index contributed by atoms with van der Waals surface area (Å²) in [6.45, 7) is 0. The van der Waals surface area contributed by atoms with Gasteiger partial charge in [0.05, 0.1) is 13.1 Å². The highest BCUT2D eigenvalue weighted by molar-refractivity contribution is 4.75. The van der Waals surface area contributed by atoms with Gasteiger partial charge in [0.15, 0.2) is 0 Å². The van der Waals surface area contributed by atoms with Gasteiger partial charge in [-0.1, -0.05) is 0 Å². The van der Waals surface area contributed by atoms with Crippen molar-refractivity contribution in [3.63, 3.8) is 0 Å². The van der Waals surface area contributed by atoms with E-state index < -0.39 is 0 Å². The van der Waals surface area contributed by atoms with Gasteiger partial charge in [-0.3, -0.25) is 0 Å². The third-order valence-corrected chi connectivity index (χ3v) is 2.75. The lowest BCUT2D eigenvalue weighted by atomic mass is 9.91. The number of hydrogen-bond acceptors (Lipinski definition) is 1. The Hall–Kier alpha value is -0.120. The molecule has 1 unspecified atom stereocenters. The molecule has 0 spiro atoms. The Balaban J connectivity index is 2.24. The molecule has 1 aliphatic rings. The van der Waals surface area contributed by atoms with Crippen LogP contribution in [0.3, 0.4) is 0 Å². The number of nitrogens with one attached hydrogen (secondary N) is 3. The molecule has 0 aromatic heterocycles. The largest absolute Gasteiger partial charge is 0.469 e. The van der Waals surface area contributed by atoms with Crippen molar-refractivity contribution in [1.29, 1.82) is 0 Å². The minimum atomic E-state index is 0.583. The van der Waals surface area contributed by atoms with Crippen LogP contribution < -0.4 is 10.3 Å². The van der Waals surface area contributed by atoms with E-state index in [1.165, 1.54) is 25.7 Å². The van der Waals surface area contributed by atoms with Crippen molar-refractivity contribution in [2.24, 2.45) is 0 Å². The molecule has 1 fully saturated rings. The van der Waals surface area contributed by atoms with Crippen molar-refractivity contribution in [3.8, 4) is 0 Å². The summed E-state index contributed by atoms with van der Waals surface area (Å²) in [6.07, 6.45) is 4.91. The van der Waals surface area contributed by atoms with Crippen LogP contribution in [0.1, 0.15) is 25.7 Å². The van der Waals surface area contributed by atoms with Crippen molar-refractivity contribution in [2.75, 3.05) is 14.1 Å². The summed E-state index contributed by atoms with van der Waals surface area (Å²) in [5, 5.41) is 4.17. The molecule has 3 nitrogen and oxygen atoms in total. The lowest BCUT2D eigenvalue weighted by Crippen LogP contribution is -3.06. The minimum Gasteiger partial charge on any atom is -0.469 e. The fourth-order valence-corrected chi connectivity index (χ4v) is 1.82. The van der Waals surface area contributed by atoms with E-state index in [2.05, 4.69) is 5.32 Å². The first-order valence-corrected chi connectivity index (χ1v) is 4.46. The van der Waals surface area contributed by atoms with E-state index in [0.717, 1.165) is 5.01 Å². The first-order valence-electron chi connectivity index (χ1n) is 4.46. The molecule has 0 heterocycles. The zero-order valence-electron chi connectivity index (χ0n) is 7.48. The molecule has 0 aromatic rings. The van der Waals surface area contributed by atoms with Gasteiger partial charge < -0.3 is 16.2 Å². The highest BCUT2D eigenvalue weighted by atomic mass is 15.4. The summed E-state index contributed by atoms with van der Waals surface area (Å²) in [5.74, 6) is 7.49. The maximum Gasteiger partial charge on any atom is 0.0784 e. The number of rotatable bonds is 2. The maximum atomic E-state index is 7.49. The van der Waals surface area contributed by atoms with Crippen LogP contribution in [0.25, 0.3) is 5.84 Å². The Morgan fingerprint density at radius 2 is 1.82 bits per heavy atom. The molecule has 0 bridgehead atoms. The van der Waals surface area contributed by atoms with Crippen molar-refractivity contribution < 1.29 is 5.01 Å². The normalized spacial score (nSPS) is 35.2. The molecule has 1 saturated carbocycles. The van der Waals surface area contributed by atoms with Crippen LogP contribution in [0, 0.1) is 0 Å². The highest BCUT2D eigenvalue weighted by Gasteiger charge is 2.21. The first kappa shape index (κ1) is 8.97. The van der Waals surface area contributed by atoms with Gasteiger partial charge in [-0.25, -0.2) is 0 Å². The quantitative estimate of drug-likeness (QED) is 0.544. The topological polar surface area (TPSA) is 40.3 Å². The lowest BCUT2D eigenvalue weighted by Gasteiger charge is -2.33. The Morgan fingerprint density at radius 1 is 1.27 bits per heavy atom. The SMILES string of the molecule is CNC1CCC([NH+](C)[NH-])CC1. The third-order valence-electron chi connectivity index (χ3n) is 2.75. The van der Waals surface area contributed by atoms with Gasteiger partial charge in [0.25, 0.3) is 0 Å². The summed E-state index contributed by atoms with van der Waals surface area (Å²) < 4.78 is 0. The van der Waals surface area contributed by atoms with E-state index >= 15 is 0 Å². The second kappa shape index (κ2) is 4.04. The third kappa shape index (κ3) is 2.43. The fourth-order valence-electron chi connectivity index (χ4n) is 1.82. The van der Waals surface area contributed by atoms with Gasteiger partial charge in [-0.15, -0.1) is 0 Å². The Morgan fingerprint density at radius 3 is 2.18 bits per heavy atom. The molecule has 66 valence electrons. The monoisotopic (exact) mass is 157 g/mol. The van der Waals surface area contributed by atoms with Crippen molar-refractivity contribution in [3.05, 3.63) is 5.84 Å². The van der Waals surface area contributed by atoms with Gasteiger partial charge in [0.1, 0.15) is 0 Å². The van der Waals surface area contributed by atoms with E-state index in [4.69, 9.17) is 5.84 Å². The molecule has 0 aromatic carbocycles. The zero-order valence-corrected chi connectivity index (χ0v) is 7.48. The van der Waals surface area contributed by atoms with E-state index in [-0.39, 0.29) is 0 Å². The van der Waals surface area contributed by atoms with Gasteiger partial charge in [-0.2, -0.15) is 0 Å². The Bertz CT molecular complexity index is 106. The standard InChI is InChI=1S/C8H19N3/c1-10-7-3-5-8(6-4-7)11(2)9/h7-11H,3-6H2,1-2H3. The van der Waals surface area contributed by atoms with E-state index in [1.54, 1.807) is 0 Å². The molecule has 0 radical (unpaired) electrons. The molecular formula is C8H19N3. The Kier molecular flexibility index (Phi) is 3.30. The van der Waals surface area contributed by atoms with Crippen molar-refractivity contribution in [2.45, 2.75) is 37.8 Å². The van der Waals surface area contributed by atoms with Crippen LogP contribution in [-0.4, -0.2) is 26.2 Å². The molecule has 3 heteroatoms. The molecule has 11 heavy (non-hydrogen) atoms. The molecule has 1 rings (SSSR count). The van der Waals surface area contributed by atoms with Gasteiger partial charge in [0, 0.05) is 18.9 Å². The molecular weight excluding hydrogens is 138 g/mol. The van der Waals surface area contributed by atoms with Crippen LogP contribution in [0.15, 0.2) is 0 Å². The minimum absolute atomic E-state index is 0.583. The average Bonchev–Trinajstić information content (AvgIpc) is 2.05. The van der Waals surface area contributed by atoms with Crippen LogP contribution in [0.5, 0.6) is 0 Å². The average molecular weight is 157 g/mol. The van der Waals surface area contributed by atoms with E-state index in [1.807, 2.05) is 14.1 Å². The van der Waals surface area contributed by atoms with Crippen molar-refractivity contribution >= 4 is 0 Å². The van der Waals surface area contributed by atoms with Crippen LogP contribution >= 0.6 is 0 Å². The molecule has 0 aliphatic heterocycles. The van der Waals surface area contributed by atoms with Crippen LogP contribution in [0.2, 0.25) is 0 Å². The zero-order chi connectivity index (χ0) is 8.27. The van der Waals surface area contributed by atoms with E-state index in [0.29, 0.717) is 12.1 Å². The molecule has 0 saturated heterocycles. The number of hydrogen-bond donors (Lipinski definition) is 2. The summed E-state index contributed by atoms with van der Waals surface area (Å²) in [7, 11) is 3.96. The van der Waals surface area contributed by atoms with Gasteiger partial charge in [0.2, 0.25) is 0 Å². The predicted octanol–water partition coefficient (Wildman–Crippen LogP) is -0.00110. The van der Waals surface area contributed by atoms with Crippen LogP contribution in [-0.2, 0) is 0 Å². The van der Waals surface area contributed by atoms with Crippen molar-refractivity contribution in [1.82, 2.24) is 5.32 Å². The first-order chi connectivity index (χ1) is 5.24. The smallest absolute Gasteiger partial charge is 0.0784 e. The summed E-state index contributed by atoms with van der Waals surface area (Å²) >= 11 is 0. The fraction of sp³-hybridized carbons (Fsp3) is 1.00. The summed E-state index contributed by atoms with van der Waals surface area (Å²) in [6, 6.07) is 1.30. The second-order valence-corrected chi connectivity index (χ2v) is 3.52. The summed E-state index contributed by atoms with van der Waals surface area (Å²) in [4.78, 5) is 0. The molecule has 1 atom stereocenters.